The molecule has 0 bridgehead atoms. The van der Waals surface area contributed by atoms with Crippen molar-refractivity contribution in [2.24, 2.45) is 0 Å². The number of nitrogens with zero attached hydrogens (tertiary/aromatic N) is 4. The lowest BCUT2D eigenvalue weighted by atomic mass is 9.79. The third-order valence-electron chi connectivity index (χ3n) is 5.20. The molecule has 1 saturated carbocycles. The molecule has 3 rings (SSSR count). The predicted octanol–water partition coefficient (Wildman–Crippen LogP) is 2.95. The van der Waals surface area contributed by atoms with Crippen molar-refractivity contribution in [2.45, 2.75) is 56.9 Å². The average Bonchev–Trinajstić information content (AvgIpc) is 2.62. The fraction of sp³-hybridized carbons (Fsp3) is 0.706. The van der Waals surface area contributed by atoms with E-state index in [1.807, 2.05) is 0 Å². The van der Waals surface area contributed by atoms with Crippen LogP contribution in [-0.4, -0.2) is 40.0 Å². The van der Waals surface area contributed by atoms with Crippen molar-refractivity contribution in [1.29, 1.82) is 5.26 Å². The van der Waals surface area contributed by atoms with Crippen LogP contribution >= 0.6 is 0 Å². The standard InChI is InChI=1S/C17H25N5/c18-13-15-16(20-10-9-19-15)21-14-17(7-3-1-4-8-17)22-11-5-2-6-12-22/h9-10H,1-8,11-12,14H2,(H,20,21). The summed E-state index contributed by atoms with van der Waals surface area (Å²) in [6.07, 6.45) is 13.7. The van der Waals surface area contributed by atoms with Crippen LogP contribution in [0.2, 0.25) is 0 Å². The Balaban J connectivity index is 1.74. The van der Waals surface area contributed by atoms with Gasteiger partial charge in [-0.15, -0.1) is 0 Å². The molecule has 2 heterocycles. The lowest BCUT2D eigenvalue weighted by molar-refractivity contribution is 0.0437. The van der Waals surface area contributed by atoms with Crippen LogP contribution in [0.5, 0.6) is 0 Å². The highest BCUT2D eigenvalue weighted by atomic mass is 15.2. The molecule has 0 aromatic carbocycles. The first-order valence-electron chi connectivity index (χ1n) is 8.54. The van der Waals surface area contributed by atoms with Gasteiger partial charge in [-0.25, -0.2) is 9.97 Å². The number of aromatic nitrogens is 2. The summed E-state index contributed by atoms with van der Waals surface area (Å²) in [6.45, 7) is 3.31. The minimum atomic E-state index is 0.239. The number of nitrogens with one attached hydrogen (secondary N) is 1. The van der Waals surface area contributed by atoms with Gasteiger partial charge in [0, 0.05) is 24.5 Å². The molecule has 0 radical (unpaired) electrons. The van der Waals surface area contributed by atoms with Crippen LogP contribution in [0.1, 0.15) is 57.1 Å². The molecule has 118 valence electrons. The molecule has 5 nitrogen and oxygen atoms in total. The van der Waals surface area contributed by atoms with Gasteiger partial charge in [0.25, 0.3) is 0 Å². The van der Waals surface area contributed by atoms with Crippen LogP contribution in [0.4, 0.5) is 5.82 Å². The van der Waals surface area contributed by atoms with Crippen molar-refractivity contribution in [3.63, 3.8) is 0 Å². The zero-order valence-electron chi connectivity index (χ0n) is 13.2. The van der Waals surface area contributed by atoms with E-state index in [2.05, 4.69) is 26.3 Å². The van der Waals surface area contributed by atoms with Crippen molar-refractivity contribution >= 4 is 5.82 Å². The zero-order chi connectivity index (χ0) is 15.3. The molecule has 1 aliphatic heterocycles. The zero-order valence-corrected chi connectivity index (χ0v) is 13.2. The van der Waals surface area contributed by atoms with Gasteiger partial charge in [-0.2, -0.15) is 5.26 Å². The normalized spacial score (nSPS) is 22.0. The Kier molecular flexibility index (Phi) is 4.89. The molecule has 5 heteroatoms. The maximum Gasteiger partial charge on any atom is 0.182 e. The summed E-state index contributed by atoms with van der Waals surface area (Å²) in [7, 11) is 0. The van der Waals surface area contributed by atoms with Gasteiger partial charge in [-0.3, -0.25) is 4.90 Å². The van der Waals surface area contributed by atoms with Gasteiger partial charge in [0.1, 0.15) is 6.07 Å². The predicted molar refractivity (Wildman–Crippen MR) is 86.5 cm³/mol. The van der Waals surface area contributed by atoms with E-state index in [-0.39, 0.29) is 5.54 Å². The number of rotatable bonds is 4. The van der Waals surface area contributed by atoms with Crippen molar-refractivity contribution in [2.75, 3.05) is 25.0 Å². The molecule has 1 aromatic rings. The van der Waals surface area contributed by atoms with E-state index in [1.54, 1.807) is 12.4 Å². The monoisotopic (exact) mass is 299 g/mol. The van der Waals surface area contributed by atoms with Gasteiger partial charge in [-0.1, -0.05) is 25.7 Å². The number of anilines is 1. The smallest absolute Gasteiger partial charge is 0.182 e. The average molecular weight is 299 g/mol. The minimum absolute atomic E-state index is 0.239. The van der Waals surface area contributed by atoms with Gasteiger partial charge in [0.05, 0.1) is 0 Å². The molecule has 0 atom stereocenters. The van der Waals surface area contributed by atoms with Crippen LogP contribution in [0, 0.1) is 11.3 Å². The summed E-state index contributed by atoms with van der Waals surface area (Å²) in [4.78, 5) is 11.1. The van der Waals surface area contributed by atoms with E-state index in [9.17, 15) is 0 Å². The summed E-state index contributed by atoms with van der Waals surface area (Å²) in [6, 6.07) is 2.13. The third-order valence-corrected chi connectivity index (χ3v) is 5.20. The van der Waals surface area contributed by atoms with Gasteiger partial charge < -0.3 is 5.32 Å². The summed E-state index contributed by atoms with van der Waals surface area (Å²) >= 11 is 0. The number of likely N-dealkylation sites (tertiary alicyclic amines) is 1. The lowest BCUT2D eigenvalue weighted by Gasteiger charge is -2.48. The Morgan fingerprint density at radius 3 is 2.45 bits per heavy atom. The second kappa shape index (κ2) is 7.06. The minimum Gasteiger partial charge on any atom is -0.366 e. The molecule has 0 unspecified atom stereocenters. The number of nitriles is 1. The molecule has 0 amide bonds. The van der Waals surface area contributed by atoms with E-state index in [4.69, 9.17) is 5.26 Å². The number of hydrogen-bond donors (Lipinski definition) is 1. The molecule has 22 heavy (non-hydrogen) atoms. The molecule has 0 spiro atoms. The van der Waals surface area contributed by atoms with Crippen LogP contribution in [0.15, 0.2) is 12.4 Å². The molecule has 2 aliphatic rings. The van der Waals surface area contributed by atoms with Crippen LogP contribution in [0.25, 0.3) is 0 Å². The van der Waals surface area contributed by atoms with E-state index in [0.29, 0.717) is 11.5 Å². The van der Waals surface area contributed by atoms with Gasteiger partial charge in [0.15, 0.2) is 11.5 Å². The van der Waals surface area contributed by atoms with Gasteiger partial charge in [0.2, 0.25) is 0 Å². The van der Waals surface area contributed by atoms with E-state index < -0.39 is 0 Å². The largest absolute Gasteiger partial charge is 0.366 e. The Morgan fingerprint density at radius 1 is 1.05 bits per heavy atom. The Hall–Kier alpha value is -1.67. The second-order valence-corrected chi connectivity index (χ2v) is 6.55. The molecule has 1 saturated heterocycles. The summed E-state index contributed by atoms with van der Waals surface area (Å²) in [5.74, 6) is 0.631. The summed E-state index contributed by atoms with van der Waals surface area (Å²) in [5, 5.41) is 12.6. The highest BCUT2D eigenvalue weighted by Crippen LogP contribution is 2.35. The molecule has 1 N–H and O–H groups in total. The quantitative estimate of drug-likeness (QED) is 0.926. The fourth-order valence-corrected chi connectivity index (χ4v) is 3.98. The molecule has 1 aliphatic carbocycles. The van der Waals surface area contributed by atoms with Gasteiger partial charge >= 0.3 is 0 Å². The van der Waals surface area contributed by atoms with Gasteiger partial charge in [-0.05, 0) is 38.8 Å². The first-order chi connectivity index (χ1) is 10.8. The van der Waals surface area contributed by atoms with E-state index >= 15 is 0 Å². The molecular weight excluding hydrogens is 274 g/mol. The highest BCUT2D eigenvalue weighted by molar-refractivity contribution is 5.47. The topological polar surface area (TPSA) is 64.8 Å². The lowest BCUT2D eigenvalue weighted by Crippen LogP contribution is -2.56. The van der Waals surface area contributed by atoms with Crippen LogP contribution in [-0.2, 0) is 0 Å². The second-order valence-electron chi connectivity index (χ2n) is 6.55. The van der Waals surface area contributed by atoms with E-state index in [0.717, 1.165) is 6.54 Å². The summed E-state index contributed by atoms with van der Waals surface area (Å²) in [5.41, 5.74) is 0.634. The third kappa shape index (κ3) is 3.22. The van der Waals surface area contributed by atoms with Crippen molar-refractivity contribution in [3.05, 3.63) is 18.1 Å². The number of hydrogen-bond acceptors (Lipinski definition) is 5. The van der Waals surface area contributed by atoms with Crippen LogP contribution in [0.3, 0.4) is 0 Å². The van der Waals surface area contributed by atoms with Crippen molar-refractivity contribution in [1.82, 2.24) is 14.9 Å². The molecule has 2 fully saturated rings. The van der Waals surface area contributed by atoms with E-state index in [1.165, 1.54) is 64.5 Å². The first-order valence-corrected chi connectivity index (χ1v) is 8.54. The fourth-order valence-electron chi connectivity index (χ4n) is 3.98. The summed E-state index contributed by atoms with van der Waals surface area (Å²) < 4.78 is 0. The molecule has 1 aromatic heterocycles. The SMILES string of the molecule is N#Cc1nccnc1NCC1(N2CCCCC2)CCCCC1. The molecular formula is C17H25N5. The first kappa shape index (κ1) is 15.2. The highest BCUT2D eigenvalue weighted by Gasteiger charge is 2.38. The maximum absolute atomic E-state index is 9.17. The Morgan fingerprint density at radius 2 is 1.73 bits per heavy atom. The van der Waals surface area contributed by atoms with Crippen LogP contribution < -0.4 is 5.32 Å². The maximum atomic E-state index is 9.17. The van der Waals surface area contributed by atoms with Crippen molar-refractivity contribution < 1.29 is 0 Å². The Labute approximate surface area is 132 Å². The van der Waals surface area contributed by atoms with Crippen molar-refractivity contribution in [3.8, 4) is 6.07 Å². The Bertz CT molecular complexity index is 524. The number of piperidine rings is 1.